The Bertz CT molecular complexity index is 482. The Balaban J connectivity index is 0.000000282. The molecule has 0 aromatic heterocycles. The highest BCUT2D eigenvalue weighted by molar-refractivity contribution is 5.40. The van der Waals surface area contributed by atoms with Crippen molar-refractivity contribution in [1.29, 1.82) is 0 Å². The smallest absolute Gasteiger partial charge is 0.115 e. The third kappa shape index (κ3) is 3.68. The van der Waals surface area contributed by atoms with Crippen LogP contribution in [0.25, 0.3) is 0 Å². The lowest BCUT2D eigenvalue weighted by Crippen LogP contribution is -2.44. The Morgan fingerprint density at radius 3 is 2.76 bits per heavy atom. The molecule has 2 heterocycles. The van der Waals surface area contributed by atoms with Crippen LogP contribution in [0, 0.1) is 0 Å². The minimum Gasteiger partial charge on any atom is -0.508 e. The van der Waals surface area contributed by atoms with Crippen molar-refractivity contribution in [1.82, 2.24) is 10.6 Å². The zero-order valence-electron chi connectivity index (χ0n) is 12.6. The Labute approximate surface area is 126 Å². The van der Waals surface area contributed by atoms with Gasteiger partial charge in [-0.2, -0.15) is 0 Å². The second-order valence-electron chi connectivity index (χ2n) is 5.33. The van der Waals surface area contributed by atoms with E-state index >= 15 is 0 Å². The van der Waals surface area contributed by atoms with E-state index in [1.54, 1.807) is 19.3 Å². The van der Waals surface area contributed by atoms with E-state index in [9.17, 15) is 5.11 Å². The molecule has 5 heteroatoms. The summed E-state index contributed by atoms with van der Waals surface area (Å²) in [4.78, 5) is 0. The third-order valence-corrected chi connectivity index (χ3v) is 4.00. The van der Waals surface area contributed by atoms with Crippen LogP contribution in [0.4, 0.5) is 0 Å². The number of nitrogens with one attached hydrogen (secondary N) is 2. The molecule has 1 saturated heterocycles. The topological polar surface area (TPSA) is 79.5 Å². The number of hydrogen-bond donors (Lipinski definition) is 4. The SMILES string of the molecule is CN/C=C\N.Oc1ccc2c(c1)CCOC21CCNCC1. The summed E-state index contributed by atoms with van der Waals surface area (Å²) in [6.45, 7) is 2.80. The van der Waals surface area contributed by atoms with Crippen LogP contribution >= 0.6 is 0 Å². The number of rotatable bonds is 1. The molecule has 0 aliphatic carbocycles. The maximum absolute atomic E-state index is 9.52. The van der Waals surface area contributed by atoms with Gasteiger partial charge in [-0.3, -0.25) is 0 Å². The van der Waals surface area contributed by atoms with Crippen LogP contribution in [0.15, 0.2) is 30.6 Å². The van der Waals surface area contributed by atoms with Crippen LogP contribution in [-0.2, 0) is 16.8 Å². The van der Waals surface area contributed by atoms with Gasteiger partial charge in [0.15, 0.2) is 0 Å². The molecule has 0 unspecified atom stereocenters. The second kappa shape index (κ2) is 7.33. The van der Waals surface area contributed by atoms with E-state index in [2.05, 4.69) is 10.6 Å². The zero-order chi connectivity index (χ0) is 15.1. The predicted molar refractivity (Wildman–Crippen MR) is 83.9 cm³/mol. The first-order valence-electron chi connectivity index (χ1n) is 7.43. The van der Waals surface area contributed by atoms with Crippen molar-refractivity contribution in [2.75, 3.05) is 26.7 Å². The summed E-state index contributed by atoms with van der Waals surface area (Å²) in [6, 6.07) is 5.70. The maximum Gasteiger partial charge on any atom is 0.115 e. The average molecular weight is 291 g/mol. The molecule has 0 atom stereocenters. The van der Waals surface area contributed by atoms with Gasteiger partial charge < -0.3 is 26.2 Å². The lowest BCUT2D eigenvalue weighted by molar-refractivity contribution is -0.0802. The van der Waals surface area contributed by atoms with E-state index in [1.165, 1.54) is 17.3 Å². The van der Waals surface area contributed by atoms with Crippen molar-refractivity contribution >= 4 is 0 Å². The van der Waals surface area contributed by atoms with Gasteiger partial charge >= 0.3 is 0 Å². The number of phenolic OH excluding ortho intramolecular Hbond substituents is 1. The van der Waals surface area contributed by atoms with E-state index in [-0.39, 0.29) is 5.60 Å². The summed E-state index contributed by atoms with van der Waals surface area (Å²) in [7, 11) is 1.80. The maximum atomic E-state index is 9.52. The molecule has 21 heavy (non-hydrogen) atoms. The van der Waals surface area contributed by atoms with Crippen LogP contribution in [0.1, 0.15) is 24.0 Å². The summed E-state index contributed by atoms with van der Waals surface area (Å²) < 4.78 is 6.05. The highest BCUT2D eigenvalue weighted by Gasteiger charge is 2.38. The van der Waals surface area contributed by atoms with Gasteiger partial charge in [0.25, 0.3) is 0 Å². The van der Waals surface area contributed by atoms with Gasteiger partial charge in [0, 0.05) is 19.4 Å². The summed E-state index contributed by atoms with van der Waals surface area (Å²) >= 11 is 0. The molecule has 2 aliphatic heterocycles. The summed E-state index contributed by atoms with van der Waals surface area (Å²) in [6.07, 6.45) is 6.08. The highest BCUT2D eigenvalue weighted by atomic mass is 16.5. The molecule has 0 amide bonds. The molecule has 0 radical (unpaired) electrons. The first kappa shape index (κ1) is 15.7. The van der Waals surface area contributed by atoms with Crippen molar-refractivity contribution in [2.24, 2.45) is 5.73 Å². The molecule has 0 bridgehead atoms. The standard InChI is InChI=1S/C13H17NO2.C3H8N2/c15-11-1-2-12-10(9-11)3-8-16-13(12)4-6-14-7-5-13;1-5-3-2-4/h1-2,9,14-15H,3-8H2;2-3,5H,4H2,1H3/b;3-2-. The zero-order valence-corrected chi connectivity index (χ0v) is 12.6. The summed E-state index contributed by atoms with van der Waals surface area (Å²) in [5.74, 6) is 0.365. The molecule has 116 valence electrons. The fourth-order valence-electron chi connectivity index (χ4n) is 3.01. The fourth-order valence-corrected chi connectivity index (χ4v) is 3.01. The van der Waals surface area contributed by atoms with Crippen LogP contribution < -0.4 is 16.4 Å². The number of piperidine rings is 1. The number of benzene rings is 1. The normalized spacial score (nSPS) is 19.7. The Morgan fingerprint density at radius 1 is 1.38 bits per heavy atom. The Morgan fingerprint density at radius 2 is 2.14 bits per heavy atom. The van der Waals surface area contributed by atoms with Gasteiger partial charge in [-0.15, -0.1) is 0 Å². The van der Waals surface area contributed by atoms with Crippen LogP contribution in [-0.4, -0.2) is 31.9 Å². The molecular formula is C16H25N3O2. The van der Waals surface area contributed by atoms with Gasteiger partial charge in [-0.1, -0.05) is 6.07 Å². The second-order valence-corrected chi connectivity index (χ2v) is 5.33. The van der Waals surface area contributed by atoms with Gasteiger partial charge in [0.05, 0.1) is 12.2 Å². The number of aromatic hydroxyl groups is 1. The predicted octanol–water partition coefficient (Wildman–Crippen LogP) is 1.18. The molecule has 1 aromatic rings. The number of ether oxygens (including phenoxy) is 1. The Hall–Kier alpha value is -1.72. The molecule has 1 fully saturated rings. The summed E-state index contributed by atoms with van der Waals surface area (Å²) in [5, 5.41) is 15.6. The average Bonchev–Trinajstić information content (AvgIpc) is 2.49. The number of hydrogen-bond acceptors (Lipinski definition) is 5. The first-order chi connectivity index (χ1) is 10.2. The van der Waals surface area contributed by atoms with E-state index in [4.69, 9.17) is 10.5 Å². The quantitative estimate of drug-likeness (QED) is 0.625. The minimum absolute atomic E-state index is 0.0907. The lowest BCUT2D eigenvalue weighted by atomic mass is 9.80. The van der Waals surface area contributed by atoms with Crippen LogP contribution in [0.5, 0.6) is 5.75 Å². The molecule has 3 rings (SSSR count). The largest absolute Gasteiger partial charge is 0.508 e. The lowest BCUT2D eigenvalue weighted by Gasteiger charge is -2.42. The molecule has 5 nitrogen and oxygen atoms in total. The minimum atomic E-state index is -0.0907. The molecule has 0 saturated carbocycles. The fraction of sp³-hybridized carbons (Fsp3) is 0.500. The van der Waals surface area contributed by atoms with Crippen molar-refractivity contribution in [3.05, 3.63) is 41.7 Å². The van der Waals surface area contributed by atoms with E-state index in [1.807, 2.05) is 12.1 Å². The molecule has 2 aliphatic rings. The molecule has 1 aromatic carbocycles. The van der Waals surface area contributed by atoms with Gasteiger partial charge in [-0.05, 0) is 55.6 Å². The van der Waals surface area contributed by atoms with Crippen molar-refractivity contribution in [3.63, 3.8) is 0 Å². The molecular weight excluding hydrogens is 266 g/mol. The van der Waals surface area contributed by atoms with Gasteiger partial charge in [-0.25, -0.2) is 0 Å². The highest BCUT2D eigenvalue weighted by Crippen LogP contribution is 2.40. The van der Waals surface area contributed by atoms with E-state index in [0.717, 1.165) is 39.0 Å². The summed E-state index contributed by atoms with van der Waals surface area (Å²) in [5.41, 5.74) is 7.35. The molecule has 5 N–H and O–H groups in total. The number of fused-ring (bicyclic) bond motifs is 2. The third-order valence-electron chi connectivity index (χ3n) is 4.00. The van der Waals surface area contributed by atoms with Crippen LogP contribution in [0.2, 0.25) is 0 Å². The number of nitrogens with two attached hydrogens (primary N) is 1. The van der Waals surface area contributed by atoms with Crippen molar-refractivity contribution < 1.29 is 9.84 Å². The monoisotopic (exact) mass is 291 g/mol. The first-order valence-corrected chi connectivity index (χ1v) is 7.43. The van der Waals surface area contributed by atoms with E-state index in [0.29, 0.717) is 5.75 Å². The van der Waals surface area contributed by atoms with Gasteiger partial charge in [0.2, 0.25) is 0 Å². The van der Waals surface area contributed by atoms with Crippen molar-refractivity contribution in [2.45, 2.75) is 24.9 Å². The van der Waals surface area contributed by atoms with E-state index < -0.39 is 0 Å². The van der Waals surface area contributed by atoms with Crippen molar-refractivity contribution in [3.8, 4) is 5.75 Å². The number of phenols is 1. The molecule has 1 spiro atoms. The van der Waals surface area contributed by atoms with Gasteiger partial charge in [0.1, 0.15) is 5.75 Å². The van der Waals surface area contributed by atoms with Crippen LogP contribution in [0.3, 0.4) is 0 Å². The Kier molecular flexibility index (Phi) is 5.47.